The molecule has 128 valence electrons. The van der Waals surface area contributed by atoms with Gasteiger partial charge in [-0.15, -0.1) is 0 Å². The number of nitrogens with zero attached hydrogens (tertiary/aromatic N) is 1. The summed E-state index contributed by atoms with van der Waals surface area (Å²) in [4.78, 5) is 4.54. The van der Waals surface area contributed by atoms with Gasteiger partial charge in [0.1, 0.15) is 0 Å². The third kappa shape index (κ3) is 5.06. The van der Waals surface area contributed by atoms with E-state index in [0.717, 1.165) is 17.7 Å². The van der Waals surface area contributed by atoms with Gasteiger partial charge in [-0.2, -0.15) is 0 Å². The van der Waals surface area contributed by atoms with E-state index in [1.807, 2.05) is 43.3 Å². The van der Waals surface area contributed by atoms with Crippen molar-refractivity contribution in [3.8, 4) is 11.5 Å². The third-order valence-electron chi connectivity index (χ3n) is 3.40. The minimum atomic E-state index is 0.137. The maximum absolute atomic E-state index is 10.1. The average Bonchev–Trinajstić information content (AvgIpc) is 2.58. The van der Waals surface area contributed by atoms with Crippen LogP contribution in [0, 0.1) is 0 Å². The van der Waals surface area contributed by atoms with Crippen LogP contribution in [0.1, 0.15) is 18.1 Å². The Morgan fingerprint density at radius 3 is 2.71 bits per heavy atom. The van der Waals surface area contributed by atoms with Crippen LogP contribution in [0.4, 0.5) is 0 Å². The van der Waals surface area contributed by atoms with Gasteiger partial charge < -0.3 is 20.5 Å². The highest BCUT2D eigenvalue weighted by atomic mass is 35.5. The Kier molecular flexibility index (Phi) is 6.75. The highest BCUT2D eigenvalue weighted by Gasteiger charge is 2.07. The van der Waals surface area contributed by atoms with Crippen LogP contribution in [0.25, 0.3) is 0 Å². The van der Waals surface area contributed by atoms with Crippen LogP contribution < -0.4 is 15.4 Å². The Morgan fingerprint density at radius 1 is 1.21 bits per heavy atom. The molecule has 0 saturated heterocycles. The number of methoxy groups -OCH3 is 1. The summed E-state index contributed by atoms with van der Waals surface area (Å²) >= 11 is 5.99. The summed E-state index contributed by atoms with van der Waals surface area (Å²) in [5.41, 5.74) is 1.77. The van der Waals surface area contributed by atoms with Crippen molar-refractivity contribution in [2.75, 3.05) is 13.7 Å². The number of nitrogens with one attached hydrogen (secondary N) is 2. The number of halogens is 1. The van der Waals surface area contributed by atoms with Crippen molar-refractivity contribution in [3.05, 3.63) is 58.6 Å². The molecule has 0 heterocycles. The molecule has 0 aliphatic heterocycles. The lowest BCUT2D eigenvalue weighted by Crippen LogP contribution is -2.36. The zero-order valence-electron chi connectivity index (χ0n) is 13.8. The standard InChI is InChI=1S/C18H22ClN3O2/c1-3-20-18(21-11-13-6-4-8-15(19)10-13)22-12-14-7-5-9-16(24-2)17(14)23/h4-10,23H,3,11-12H2,1-2H3,(H2,20,21,22). The van der Waals surface area contributed by atoms with Crippen molar-refractivity contribution in [1.82, 2.24) is 10.6 Å². The van der Waals surface area contributed by atoms with E-state index in [4.69, 9.17) is 16.3 Å². The number of phenolic OH excluding ortho intramolecular Hbond substituents is 1. The highest BCUT2D eigenvalue weighted by Crippen LogP contribution is 2.29. The second-order valence-corrected chi connectivity index (χ2v) is 5.58. The minimum Gasteiger partial charge on any atom is -0.504 e. The first-order valence-electron chi connectivity index (χ1n) is 7.75. The van der Waals surface area contributed by atoms with E-state index in [-0.39, 0.29) is 5.75 Å². The molecular weight excluding hydrogens is 326 g/mol. The lowest BCUT2D eigenvalue weighted by molar-refractivity contribution is 0.370. The minimum absolute atomic E-state index is 0.137. The van der Waals surface area contributed by atoms with E-state index in [0.29, 0.717) is 29.8 Å². The van der Waals surface area contributed by atoms with Crippen LogP contribution >= 0.6 is 11.6 Å². The molecule has 6 heteroatoms. The number of hydrogen-bond donors (Lipinski definition) is 3. The second-order valence-electron chi connectivity index (χ2n) is 5.15. The van der Waals surface area contributed by atoms with Crippen LogP contribution in [-0.4, -0.2) is 24.7 Å². The molecule has 0 atom stereocenters. The highest BCUT2D eigenvalue weighted by molar-refractivity contribution is 6.30. The summed E-state index contributed by atoms with van der Waals surface area (Å²) in [6, 6.07) is 13.0. The second kappa shape index (κ2) is 9.03. The molecule has 2 aromatic rings. The van der Waals surface area contributed by atoms with Crippen molar-refractivity contribution < 1.29 is 9.84 Å². The molecule has 0 radical (unpaired) electrons. The summed E-state index contributed by atoms with van der Waals surface area (Å²) < 4.78 is 5.12. The van der Waals surface area contributed by atoms with Crippen LogP contribution in [0.5, 0.6) is 11.5 Å². The Morgan fingerprint density at radius 2 is 2.00 bits per heavy atom. The summed E-state index contributed by atoms with van der Waals surface area (Å²) in [5, 5.41) is 17.2. The molecular formula is C18H22ClN3O2. The van der Waals surface area contributed by atoms with Crippen LogP contribution in [0.2, 0.25) is 5.02 Å². The van der Waals surface area contributed by atoms with Crippen molar-refractivity contribution >= 4 is 17.6 Å². The first-order chi connectivity index (χ1) is 11.6. The van der Waals surface area contributed by atoms with Crippen molar-refractivity contribution in [2.24, 2.45) is 4.99 Å². The molecule has 3 N–H and O–H groups in total. The Labute approximate surface area is 147 Å². The molecule has 0 amide bonds. The molecule has 0 aromatic heterocycles. The number of para-hydroxylation sites is 1. The molecule has 0 bridgehead atoms. The van der Waals surface area contributed by atoms with Gasteiger partial charge in [0.2, 0.25) is 0 Å². The first kappa shape index (κ1) is 17.9. The number of phenols is 1. The van der Waals surface area contributed by atoms with Gasteiger partial charge in [-0.25, -0.2) is 4.99 Å². The topological polar surface area (TPSA) is 65.9 Å². The molecule has 2 aromatic carbocycles. The molecule has 0 saturated carbocycles. The SMILES string of the molecule is CCNC(=NCc1cccc(Cl)c1)NCc1cccc(OC)c1O. The average molecular weight is 348 g/mol. The number of benzene rings is 2. The molecule has 5 nitrogen and oxygen atoms in total. The van der Waals surface area contributed by atoms with Gasteiger partial charge in [-0.3, -0.25) is 0 Å². The van der Waals surface area contributed by atoms with Crippen LogP contribution in [0.3, 0.4) is 0 Å². The van der Waals surface area contributed by atoms with Gasteiger partial charge in [0.15, 0.2) is 17.5 Å². The molecule has 0 aliphatic carbocycles. The van der Waals surface area contributed by atoms with Crippen molar-refractivity contribution in [2.45, 2.75) is 20.0 Å². The fourth-order valence-electron chi connectivity index (χ4n) is 2.20. The number of hydrogen-bond acceptors (Lipinski definition) is 3. The lowest BCUT2D eigenvalue weighted by Gasteiger charge is -2.13. The molecule has 0 aliphatic rings. The number of guanidine groups is 1. The van der Waals surface area contributed by atoms with E-state index in [9.17, 15) is 5.11 Å². The van der Waals surface area contributed by atoms with Gasteiger partial charge in [0.05, 0.1) is 13.7 Å². The fraction of sp³-hybridized carbons (Fsp3) is 0.278. The normalized spacial score (nSPS) is 11.2. The Hall–Kier alpha value is -2.40. The van der Waals surface area contributed by atoms with Crippen LogP contribution in [0.15, 0.2) is 47.5 Å². The molecule has 24 heavy (non-hydrogen) atoms. The fourth-order valence-corrected chi connectivity index (χ4v) is 2.41. The van der Waals surface area contributed by atoms with E-state index >= 15 is 0 Å². The van der Waals surface area contributed by atoms with E-state index in [2.05, 4.69) is 15.6 Å². The zero-order valence-corrected chi connectivity index (χ0v) is 14.6. The van der Waals surface area contributed by atoms with Crippen molar-refractivity contribution in [1.29, 1.82) is 0 Å². The summed E-state index contributed by atoms with van der Waals surface area (Å²) in [7, 11) is 1.53. The number of aromatic hydroxyl groups is 1. The lowest BCUT2D eigenvalue weighted by atomic mass is 10.2. The summed E-state index contributed by atoms with van der Waals surface area (Å²) in [6.45, 7) is 3.69. The Bertz CT molecular complexity index is 704. The van der Waals surface area contributed by atoms with Crippen molar-refractivity contribution in [3.63, 3.8) is 0 Å². The molecule has 2 rings (SSSR count). The van der Waals surface area contributed by atoms with Gasteiger partial charge in [-0.1, -0.05) is 35.9 Å². The number of aliphatic imine (C=N–C) groups is 1. The number of rotatable bonds is 6. The summed E-state index contributed by atoms with van der Waals surface area (Å²) in [5.74, 6) is 1.26. The maximum atomic E-state index is 10.1. The van der Waals surface area contributed by atoms with E-state index < -0.39 is 0 Å². The molecule has 0 fully saturated rings. The predicted molar refractivity (Wildman–Crippen MR) is 97.8 cm³/mol. The third-order valence-corrected chi connectivity index (χ3v) is 3.64. The summed E-state index contributed by atoms with van der Waals surface area (Å²) in [6.07, 6.45) is 0. The largest absolute Gasteiger partial charge is 0.504 e. The number of ether oxygens (including phenoxy) is 1. The first-order valence-corrected chi connectivity index (χ1v) is 8.13. The van der Waals surface area contributed by atoms with Crippen LogP contribution in [-0.2, 0) is 13.1 Å². The van der Waals surface area contributed by atoms with Gasteiger partial charge in [0.25, 0.3) is 0 Å². The Balaban J connectivity index is 2.04. The monoisotopic (exact) mass is 347 g/mol. The quantitative estimate of drug-likeness (QED) is 0.554. The smallest absolute Gasteiger partial charge is 0.191 e. The van der Waals surface area contributed by atoms with Gasteiger partial charge >= 0.3 is 0 Å². The zero-order chi connectivity index (χ0) is 17.4. The van der Waals surface area contributed by atoms with Gasteiger partial charge in [-0.05, 0) is 30.7 Å². The predicted octanol–water partition coefficient (Wildman–Crippen LogP) is 3.31. The molecule has 0 unspecified atom stereocenters. The van der Waals surface area contributed by atoms with E-state index in [1.54, 1.807) is 6.07 Å². The van der Waals surface area contributed by atoms with E-state index in [1.165, 1.54) is 7.11 Å². The van der Waals surface area contributed by atoms with Gasteiger partial charge in [0, 0.05) is 23.7 Å². The maximum Gasteiger partial charge on any atom is 0.191 e. The molecule has 0 spiro atoms.